The maximum absolute atomic E-state index is 6.10. The van der Waals surface area contributed by atoms with Crippen molar-refractivity contribution in [2.24, 2.45) is 5.73 Å². The van der Waals surface area contributed by atoms with Gasteiger partial charge in [-0.3, -0.25) is 4.98 Å². The van der Waals surface area contributed by atoms with E-state index in [1.807, 2.05) is 6.07 Å². The van der Waals surface area contributed by atoms with Crippen molar-refractivity contribution < 1.29 is 4.74 Å². The van der Waals surface area contributed by atoms with E-state index in [0.717, 1.165) is 17.7 Å². The molecule has 1 aromatic heterocycles. The third kappa shape index (κ3) is 3.51. The van der Waals surface area contributed by atoms with Gasteiger partial charge in [-0.1, -0.05) is 26.2 Å². The molecule has 0 amide bonds. The van der Waals surface area contributed by atoms with Crippen LogP contribution in [0.1, 0.15) is 44.2 Å². The Balaban J connectivity index is 2.59. The van der Waals surface area contributed by atoms with Gasteiger partial charge < -0.3 is 10.5 Å². The van der Waals surface area contributed by atoms with Gasteiger partial charge in [-0.15, -0.1) is 0 Å². The summed E-state index contributed by atoms with van der Waals surface area (Å²) in [6, 6.07) is 2.00. The van der Waals surface area contributed by atoms with E-state index in [1.165, 1.54) is 19.3 Å². The molecule has 3 nitrogen and oxygen atoms in total. The Hall–Kier alpha value is -1.09. The minimum absolute atomic E-state index is 0.0644. The maximum Gasteiger partial charge on any atom is 0.141 e. The average molecular weight is 208 g/mol. The Labute approximate surface area is 91.7 Å². The first-order valence-electron chi connectivity index (χ1n) is 5.53. The molecule has 1 unspecified atom stereocenters. The van der Waals surface area contributed by atoms with Gasteiger partial charge in [-0.2, -0.15) is 0 Å². The van der Waals surface area contributed by atoms with Gasteiger partial charge in [-0.25, -0.2) is 0 Å². The topological polar surface area (TPSA) is 48.1 Å². The van der Waals surface area contributed by atoms with Crippen molar-refractivity contribution in [3.8, 4) is 5.75 Å². The minimum Gasteiger partial charge on any atom is -0.495 e. The van der Waals surface area contributed by atoms with Crippen molar-refractivity contribution in [1.29, 1.82) is 0 Å². The molecule has 0 fully saturated rings. The third-order valence-corrected chi connectivity index (χ3v) is 2.55. The van der Waals surface area contributed by atoms with E-state index in [0.29, 0.717) is 0 Å². The van der Waals surface area contributed by atoms with Crippen LogP contribution in [-0.2, 0) is 0 Å². The first kappa shape index (κ1) is 12.0. The summed E-state index contributed by atoms with van der Waals surface area (Å²) in [5.41, 5.74) is 7.16. The quantitative estimate of drug-likeness (QED) is 0.731. The molecule has 1 rings (SSSR count). The van der Waals surface area contributed by atoms with Crippen molar-refractivity contribution in [2.75, 3.05) is 7.11 Å². The summed E-state index contributed by atoms with van der Waals surface area (Å²) in [6.07, 6.45) is 8.12. The Morgan fingerprint density at radius 1 is 1.47 bits per heavy atom. The number of hydrogen-bond donors (Lipinski definition) is 1. The lowest BCUT2D eigenvalue weighted by atomic mass is 10.0. The van der Waals surface area contributed by atoms with Gasteiger partial charge in [0.25, 0.3) is 0 Å². The van der Waals surface area contributed by atoms with Crippen LogP contribution in [0.25, 0.3) is 0 Å². The molecule has 0 aliphatic heterocycles. The van der Waals surface area contributed by atoms with Crippen LogP contribution >= 0.6 is 0 Å². The summed E-state index contributed by atoms with van der Waals surface area (Å²) in [7, 11) is 1.65. The van der Waals surface area contributed by atoms with Crippen LogP contribution in [0, 0.1) is 0 Å². The van der Waals surface area contributed by atoms with Gasteiger partial charge in [0.05, 0.1) is 13.3 Å². The van der Waals surface area contributed by atoms with Gasteiger partial charge >= 0.3 is 0 Å². The summed E-state index contributed by atoms with van der Waals surface area (Å²) in [5, 5.41) is 0. The lowest BCUT2D eigenvalue weighted by Gasteiger charge is -2.14. The van der Waals surface area contributed by atoms with Crippen molar-refractivity contribution in [3.63, 3.8) is 0 Å². The maximum atomic E-state index is 6.10. The monoisotopic (exact) mass is 208 g/mol. The fourth-order valence-corrected chi connectivity index (χ4v) is 1.64. The third-order valence-electron chi connectivity index (χ3n) is 2.55. The Kier molecular flexibility index (Phi) is 5.12. The zero-order valence-corrected chi connectivity index (χ0v) is 9.57. The predicted molar refractivity (Wildman–Crippen MR) is 61.9 cm³/mol. The second kappa shape index (κ2) is 6.40. The lowest BCUT2D eigenvalue weighted by molar-refractivity contribution is 0.401. The van der Waals surface area contributed by atoms with Crippen molar-refractivity contribution >= 4 is 0 Å². The molecule has 0 aromatic carbocycles. The average Bonchev–Trinajstić information content (AvgIpc) is 2.29. The van der Waals surface area contributed by atoms with Crippen LogP contribution in [0.4, 0.5) is 0 Å². The summed E-state index contributed by atoms with van der Waals surface area (Å²) >= 11 is 0. The highest BCUT2D eigenvalue weighted by molar-refractivity contribution is 5.32. The van der Waals surface area contributed by atoms with Crippen LogP contribution in [0.2, 0.25) is 0 Å². The number of ether oxygens (including phenoxy) is 1. The second-order valence-corrected chi connectivity index (χ2v) is 3.72. The van der Waals surface area contributed by atoms with E-state index in [9.17, 15) is 0 Å². The predicted octanol–water partition coefficient (Wildman–Crippen LogP) is 2.67. The molecule has 1 atom stereocenters. The number of nitrogens with zero attached hydrogens (tertiary/aromatic N) is 1. The Morgan fingerprint density at radius 3 is 2.93 bits per heavy atom. The molecule has 0 spiro atoms. The minimum atomic E-state index is 0.0644. The first-order valence-corrected chi connectivity index (χ1v) is 5.53. The SMILES string of the molecule is CCCCCC(N)c1ccncc1OC. The highest BCUT2D eigenvalue weighted by atomic mass is 16.5. The molecule has 84 valence electrons. The first-order chi connectivity index (χ1) is 7.29. The number of unbranched alkanes of at least 4 members (excludes halogenated alkanes) is 2. The molecular formula is C12H20N2O. The van der Waals surface area contributed by atoms with Crippen LogP contribution in [0.3, 0.4) is 0 Å². The van der Waals surface area contributed by atoms with Crippen molar-refractivity contribution in [3.05, 3.63) is 24.0 Å². The van der Waals surface area contributed by atoms with Gasteiger partial charge in [0, 0.05) is 17.8 Å². The summed E-state index contributed by atoms with van der Waals surface area (Å²) in [5.74, 6) is 0.793. The number of aromatic nitrogens is 1. The largest absolute Gasteiger partial charge is 0.495 e. The molecule has 1 heterocycles. The zero-order chi connectivity index (χ0) is 11.1. The Bertz CT molecular complexity index is 289. The molecule has 0 saturated carbocycles. The number of nitrogens with two attached hydrogens (primary N) is 1. The molecular weight excluding hydrogens is 188 g/mol. The van der Waals surface area contributed by atoms with Gasteiger partial charge in [-0.05, 0) is 12.5 Å². The fourth-order valence-electron chi connectivity index (χ4n) is 1.64. The molecule has 1 aromatic rings. The number of methoxy groups -OCH3 is 1. The second-order valence-electron chi connectivity index (χ2n) is 3.72. The van der Waals surface area contributed by atoms with E-state index in [4.69, 9.17) is 10.5 Å². The van der Waals surface area contributed by atoms with Crippen molar-refractivity contribution in [2.45, 2.75) is 38.6 Å². The molecule has 3 heteroatoms. The number of rotatable bonds is 6. The molecule has 0 aliphatic carbocycles. The summed E-state index contributed by atoms with van der Waals surface area (Å²) in [6.45, 7) is 2.19. The van der Waals surface area contributed by atoms with Gasteiger partial charge in [0.1, 0.15) is 5.75 Å². The molecule has 2 N–H and O–H groups in total. The number of hydrogen-bond acceptors (Lipinski definition) is 3. The summed E-state index contributed by atoms with van der Waals surface area (Å²) < 4.78 is 5.23. The highest BCUT2D eigenvalue weighted by Crippen LogP contribution is 2.25. The number of pyridine rings is 1. The fraction of sp³-hybridized carbons (Fsp3) is 0.583. The van der Waals surface area contributed by atoms with E-state index in [1.54, 1.807) is 19.5 Å². The summed E-state index contributed by atoms with van der Waals surface area (Å²) in [4.78, 5) is 4.01. The van der Waals surface area contributed by atoms with Crippen molar-refractivity contribution in [1.82, 2.24) is 4.98 Å². The molecule has 0 bridgehead atoms. The normalized spacial score (nSPS) is 12.5. The van der Waals surface area contributed by atoms with Crippen LogP contribution in [0.5, 0.6) is 5.75 Å². The van der Waals surface area contributed by atoms with Gasteiger partial charge in [0.2, 0.25) is 0 Å². The molecule has 0 aliphatic rings. The smallest absolute Gasteiger partial charge is 0.141 e. The van der Waals surface area contributed by atoms with E-state index < -0.39 is 0 Å². The molecule has 15 heavy (non-hydrogen) atoms. The standard InChI is InChI=1S/C12H20N2O/c1-3-4-5-6-11(13)10-7-8-14-9-12(10)15-2/h7-9,11H,3-6,13H2,1-2H3. The Morgan fingerprint density at radius 2 is 2.27 bits per heavy atom. The van der Waals surface area contributed by atoms with E-state index in [-0.39, 0.29) is 6.04 Å². The molecule has 0 radical (unpaired) electrons. The van der Waals surface area contributed by atoms with E-state index >= 15 is 0 Å². The van der Waals surface area contributed by atoms with Crippen LogP contribution in [-0.4, -0.2) is 12.1 Å². The van der Waals surface area contributed by atoms with Gasteiger partial charge in [0.15, 0.2) is 0 Å². The molecule has 0 saturated heterocycles. The highest BCUT2D eigenvalue weighted by Gasteiger charge is 2.10. The zero-order valence-electron chi connectivity index (χ0n) is 9.57. The van der Waals surface area contributed by atoms with Crippen LogP contribution in [0.15, 0.2) is 18.5 Å². The van der Waals surface area contributed by atoms with Crippen LogP contribution < -0.4 is 10.5 Å². The van der Waals surface area contributed by atoms with E-state index in [2.05, 4.69) is 11.9 Å². The lowest BCUT2D eigenvalue weighted by Crippen LogP contribution is -2.11.